The van der Waals surface area contributed by atoms with Gasteiger partial charge in [0.15, 0.2) is 5.15 Å². The van der Waals surface area contributed by atoms with Crippen molar-refractivity contribution in [3.05, 3.63) is 35.1 Å². The summed E-state index contributed by atoms with van der Waals surface area (Å²) >= 11 is 6.18. The number of hydrogen-bond acceptors (Lipinski definition) is 5. The van der Waals surface area contributed by atoms with E-state index in [0.29, 0.717) is 11.7 Å². The molecule has 1 aliphatic rings. The molecule has 1 saturated heterocycles. The van der Waals surface area contributed by atoms with E-state index in [4.69, 9.17) is 16.3 Å². The monoisotopic (exact) mass is 376 g/mol. The molecule has 1 N–H and O–H groups in total. The molecule has 1 aromatic heterocycles. The van der Waals surface area contributed by atoms with E-state index < -0.39 is 5.60 Å². The molecule has 2 heterocycles. The summed E-state index contributed by atoms with van der Waals surface area (Å²) in [5.74, 6) is 0. The summed E-state index contributed by atoms with van der Waals surface area (Å²) in [6.07, 6.45) is 1.46. The number of piperidine rings is 1. The maximum absolute atomic E-state index is 12.9. The van der Waals surface area contributed by atoms with Gasteiger partial charge < -0.3 is 10.1 Å². The number of amides is 1. The Morgan fingerprint density at radius 2 is 1.88 bits per heavy atom. The minimum atomic E-state index is -0.546. The Morgan fingerprint density at radius 1 is 1.23 bits per heavy atom. The molecule has 0 bridgehead atoms. The number of nitrogens with one attached hydrogen (secondary N) is 1. The number of carbonyl (C=O) groups is 1. The van der Waals surface area contributed by atoms with Crippen molar-refractivity contribution in [1.29, 1.82) is 0 Å². The van der Waals surface area contributed by atoms with Crippen molar-refractivity contribution in [3.63, 3.8) is 0 Å². The summed E-state index contributed by atoms with van der Waals surface area (Å²) in [5, 5.41) is 13.8. The standard InChI is InChI=1S/C19H25ClN4O2/c1-19(2,3)26-18(25)24(13-8-10-21-11-9-13)12-16-14-6-4-5-7-15(14)17(20)23-22-16/h4-7,13,21H,8-12H2,1-3H3. The Bertz CT molecular complexity index is 785. The molecule has 140 valence electrons. The zero-order chi connectivity index (χ0) is 18.7. The second-order valence-electron chi connectivity index (χ2n) is 7.57. The van der Waals surface area contributed by atoms with Crippen LogP contribution in [-0.2, 0) is 11.3 Å². The van der Waals surface area contributed by atoms with E-state index in [1.807, 2.05) is 45.0 Å². The molecule has 6 nitrogen and oxygen atoms in total. The van der Waals surface area contributed by atoms with Crippen molar-refractivity contribution in [3.8, 4) is 0 Å². The van der Waals surface area contributed by atoms with Gasteiger partial charge in [0.2, 0.25) is 0 Å². The molecular weight excluding hydrogens is 352 g/mol. The molecule has 7 heteroatoms. The molecule has 0 aliphatic carbocycles. The van der Waals surface area contributed by atoms with Crippen molar-refractivity contribution in [2.75, 3.05) is 13.1 Å². The van der Waals surface area contributed by atoms with Crippen LogP contribution in [0.5, 0.6) is 0 Å². The molecule has 1 aromatic carbocycles. The molecule has 0 saturated carbocycles. The summed E-state index contributed by atoms with van der Waals surface area (Å²) in [6.45, 7) is 7.76. The minimum Gasteiger partial charge on any atom is -0.444 e. The van der Waals surface area contributed by atoms with Crippen LogP contribution in [0.4, 0.5) is 4.79 Å². The highest BCUT2D eigenvalue weighted by molar-refractivity contribution is 6.34. The summed E-state index contributed by atoms with van der Waals surface area (Å²) in [4.78, 5) is 14.7. The largest absolute Gasteiger partial charge is 0.444 e. The number of ether oxygens (including phenoxy) is 1. The molecule has 3 rings (SSSR count). The van der Waals surface area contributed by atoms with Gasteiger partial charge in [0.05, 0.1) is 12.2 Å². The first-order chi connectivity index (χ1) is 12.3. The summed E-state index contributed by atoms with van der Waals surface area (Å²) < 4.78 is 5.65. The highest BCUT2D eigenvalue weighted by Crippen LogP contribution is 2.26. The predicted molar refractivity (Wildman–Crippen MR) is 102 cm³/mol. The van der Waals surface area contributed by atoms with Gasteiger partial charge in [-0.05, 0) is 46.7 Å². The van der Waals surface area contributed by atoms with Crippen LogP contribution in [0.1, 0.15) is 39.3 Å². The van der Waals surface area contributed by atoms with Gasteiger partial charge in [-0.25, -0.2) is 4.79 Å². The molecule has 0 unspecified atom stereocenters. The van der Waals surface area contributed by atoms with E-state index in [9.17, 15) is 4.79 Å². The van der Waals surface area contributed by atoms with E-state index in [2.05, 4.69) is 15.5 Å². The van der Waals surface area contributed by atoms with E-state index in [-0.39, 0.29) is 12.1 Å². The predicted octanol–water partition coefficient (Wildman–Crippen LogP) is 3.77. The van der Waals surface area contributed by atoms with Gasteiger partial charge in [0.25, 0.3) is 0 Å². The van der Waals surface area contributed by atoms with E-state index >= 15 is 0 Å². The van der Waals surface area contributed by atoms with E-state index in [1.165, 1.54) is 0 Å². The number of fused-ring (bicyclic) bond motifs is 1. The van der Waals surface area contributed by atoms with Crippen LogP contribution in [0.25, 0.3) is 10.8 Å². The lowest BCUT2D eigenvalue weighted by molar-refractivity contribution is 0.0104. The topological polar surface area (TPSA) is 67.3 Å². The number of rotatable bonds is 3. The van der Waals surface area contributed by atoms with Crippen LogP contribution in [-0.4, -0.2) is 45.9 Å². The fourth-order valence-electron chi connectivity index (χ4n) is 3.19. The lowest BCUT2D eigenvalue weighted by Crippen LogP contribution is -2.47. The maximum Gasteiger partial charge on any atom is 0.410 e. The van der Waals surface area contributed by atoms with Crippen LogP contribution in [0.2, 0.25) is 5.15 Å². The second kappa shape index (κ2) is 7.76. The first-order valence-corrected chi connectivity index (χ1v) is 9.33. The maximum atomic E-state index is 12.9. The summed E-state index contributed by atoms with van der Waals surface area (Å²) in [7, 11) is 0. The quantitative estimate of drug-likeness (QED) is 0.883. The van der Waals surface area contributed by atoms with Crippen molar-refractivity contribution >= 4 is 28.5 Å². The lowest BCUT2D eigenvalue weighted by Gasteiger charge is -2.35. The van der Waals surface area contributed by atoms with Crippen LogP contribution in [0.15, 0.2) is 24.3 Å². The Hall–Kier alpha value is -1.92. The number of halogens is 1. The molecule has 0 radical (unpaired) electrons. The fraction of sp³-hybridized carbons (Fsp3) is 0.526. The molecule has 1 aliphatic heterocycles. The fourth-order valence-corrected chi connectivity index (χ4v) is 3.39. The number of nitrogens with zero attached hydrogens (tertiary/aromatic N) is 3. The molecule has 0 spiro atoms. The van der Waals surface area contributed by atoms with Crippen molar-refractivity contribution in [1.82, 2.24) is 20.4 Å². The Kier molecular flexibility index (Phi) is 5.63. The van der Waals surface area contributed by atoms with Gasteiger partial charge >= 0.3 is 6.09 Å². The zero-order valence-corrected chi connectivity index (χ0v) is 16.2. The van der Waals surface area contributed by atoms with Gasteiger partial charge in [0, 0.05) is 16.8 Å². The van der Waals surface area contributed by atoms with E-state index in [1.54, 1.807) is 4.90 Å². The highest BCUT2D eigenvalue weighted by atomic mass is 35.5. The van der Waals surface area contributed by atoms with Crippen molar-refractivity contribution in [2.45, 2.75) is 51.8 Å². The van der Waals surface area contributed by atoms with Gasteiger partial charge in [0.1, 0.15) is 5.60 Å². The molecule has 2 aromatic rings. The number of aromatic nitrogens is 2. The third kappa shape index (κ3) is 4.43. The van der Waals surface area contributed by atoms with Gasteiger partial charge in [-0.15, -0.1) is 5.10 Å². The van der Waals surface area contributed by atoms with Gasteiger partial charge in [-0.1, -0.05) is 35.9 Å². The van der Waals surface area contributed by atoms with Crippen LogP contribution in [0, 0.1) is 0 Å². The first kappa shape index (κ1) is 18.9. The SMILES string of the molecule is CC(C)(C)OC(=O)N(Cc1nnc(Cl)c2ccccc12)C1CCNCC1. The van der Waals surface area contributed by atoms with Crippen LogP contribution in [0.3, 0.4) is 0 Å². The molecule has 1 amide bonds. The molecule has 1 fully saturated rings. The third-order valence-corrected chi connectivity index (χ3v) is 4.70. The minimum absolute atomic E-state index is 0.113. The Morgan fingerprint density at radius 3 is 2.54 bits per heavy atom. The summed E-state index contributed by atoms with van der Waals surface area (Å²) in [5.41, 5.74) is 0.185. The average Bonchev–Trinajstić information content (AvgIpc) is 2.61. The zero-order valence-electron chi connectivity index (χ0n) is 15.5. The van der Waals surface area contributed by atoms with Gasteiger partial charge in [-0.3, -0.25) is 4.90 Å². The molecular formula is C19H25ClN4O2. The van der Waals surface area contributed by atoms with Crippen molar-refractivity contribution < 1.29 is 9.53 Å². The first-order valence-electron chi connectivity index (χ1n) is 8.95. The number of hydrogen-bond donors (Lipinski definition) is 1. The third-order valence-electron chi connectivity index (χ3n) is 4.42. The Labute approximate surface area is 158 Å². The highest BCUT2D eigenvalue weighted by Gasteiger charge is 2.30. The second-order valence-corrected chi connectivity index (χ2v) is 7.93. The van der Waals surface area contributed by atoms with Crippen LogP contribution < -0.4 is 5.32 Å². The number of carbonyl (C=O) groups excluding carboxylic acids is 1. The number of benzene rings is 1. The van der Waals surface area contributed by atoms with Gasteiger partial charge in [-0.2, -0.15) is 5.10 Å². The van der Waals surface area contributed by atoms with E-state index in [0.717, 1.165) is 42.4 Å². The average molecular weight is 377 g/mol. The Balaban J connectivity index is 1.92. The smallest absolute Gasteiger partial charge is 0.410 e. The van der Waals surface area contributed by atoms with Crippen LogP contribution >= 0.6 is 11.6 Å². The normalized spacial score (nSPS) is 15.8. The molecule has 0 atom stereocenters. The lowest BCUT2D eigenvalue weighted by atomic mass is 10.0. The summed E-state index contributed by atoms with van der Waals surface area (Å²) in [6, 6.07) is 7.84. The van der Waals surface area contributed by atoms with Crippen molar-refractivity contribution in [2.24, 2.45) is 0 Å². The molecule has 26 heavy (non-hydrogen) atoms.